The number of nitrogens with zero attached hydrogens (tertiary/aromatic N) is 1. The Balaban J connectivity index is 0.00000200. The van der Waals surface area contributed by atoms with E-state index in [1.54, 1.807) is 0 Å². The van der Waals surface area contributed by atoms with Gasteiger partial charge in [0.05, 0.1) is 17.6 Å². The van der Waals surface area contributed by atoms with Gasteiger partial charge < -0.3 is 10.5 Å². The second-order valence-electron chi connectivity index (χ2n) is 4.17. The van der Waals surface area contributed by atoms with E-state index in [0.29, 0.717) is 6.61 Å². The molecule has 0 saturated carbocycles. The molecule has 20 heavy (non-hydrogen) atoms. The minimum Gasteiger partial charge on any atom is -0.374 e. The third kappa shape index (κ3) is 3.69. The van der Waals surface area contributed by atoms with Gasteiger partial charge >= 0.3 is 0 Å². The molecule has 0 bridgehead atoms. The average molecular weight is 390 g/mol. The van der Waals surface area contributed by atoms with Gasteiger partial charge in [-0.2, -0.15) is 4.31 Å². The van der Waals surface area contributed by atoms with E-state index in [1.807, 2.05) is 0 Å². The quantitative estimate of drug-likeness (QED) is 0.847. The van der Waals surface area contributed by atoms with Crippen LogP contribution in [0.3, 0.4) is 0 Å². The van der Waals surface area contributed by atoms with Gasteiger partial charge in [0.25, 0.3) is 0 Å². The summed E-state index contributed by atoms with van der Waals surface area (Å²) >= 11 is 3.08. The molecule has 0 aliphatic carbocycles. The molecule has 1 saturated heterocycles. The molecule has 114 valence electrons. The maximum atomic E-state index is 13.0. The van der Waals surface area contributed by atoms with E-state index in [4.69, 9.17) is 10.5 Å². The Morgan fingerprint density at radius 2 is 2.20 bits per heavy atom. The van der Waals surface area contributed by atoms with E-state index in [1.165, 1.54) is 10.4 Å². The van der Waals surface area contributed by atoms with Crippen LogP contribution in [0.5, 0.6) is 0 Å². The maximum Gasteiger partial charge on any atom is 0.244 e. The summed E-state index contributed by atoms with van der Waals surface area (Å²) in [5.74, 6) is -0.493. The summed E-state index contributed by atoms with van der Waals surface area (Å²) in [6.45, 7) is 1.04. The van der Waals surface area contributed by atoms with Crippen molar-refractivity contribution in [3.63, 3.8) is 0 Å². The van der Waals surface area contributed by atoms with Crippen LogP contribution in [-0.4, -0.2) is 45.1 Å². The lowest BCUT2D eigenvalue weighted by molar-refractivity contribution is 0.00449. The van der Waals surface area contributed by atoms with Gasteiger partial charge in [0.1, 0.15) is 5.82 Å². The van der Waals surface area contributed by atoms with Crippen molar-refractivity contribution in [3.05, 3.63) is 28.5 Å². The molecule has 9 heteroatoms. The van der Waals surface area contributed by atoms with Crippen LogP contribution in [0, 0.1) is 5.82 Å². The monoisotopic (exact) mass is 388 g/mol. The fourth-order valence-electron chi connectivity index (χ4n) is 1.88. The van der Waals surface area contributed by atoms with Crippen LogP contribution in [0.4, 0.5) is 4.39 Å². The average Bonchev–Trinajstić information content (AvgIpc) is 2.38. The van der Waals surface area contributed by atoms with Crippen LogP contribution in [0.1, 0.15) is 0 Å². The first-order chi connectivity index (χ1) is 8.95. The highest BCUT2D eigenvalue weighted by atomic mass is 79.9. The number of benzene rings is 1. The van der Waals surface area contributed by atoms with Crippen LogP contribution in [0.2, 0.25) is 0 Å². The summed E-state index contributed by atoms with van der Waals surface area (Å²) < 4.78 is 44.8. The fraction of sp³-hybridized carbons (Fsp3) is 0.455. The van der Waals surface area contributed by atoms with Gasteiger partial charge in [-0.25, -0.2) is 12.8 Å². The van der Waals surface area contributed by atoms with E-state index in [2.05, 4.69) is 15.9 Å². The molecule has 1 aliphatic rings. The Kier molecular flexibility index (Phi) is 6.36. The molecular weight excluding hydrogens is 375 g/mol. The van der Waals surface area contributed by atoms with Gasteiger partial charge in [0.15, 0.2) is 0 Å². The molecule has 1 aromatic rings. The molecule has 5 nitrogen and oxygen atoms in total. The highest BCUT2D eigenvalue weighted by Gasteiger charge is 2.31. The number of hydrogen-bond donors (Lipinski definition) is 1. The largest absolute Gasteiger partial charge is 0.374 e. The number of nitrogens with two attached hydrogens (primary N) is 1. The van der Waals surface area contributed by atoms with Crippen molar-refractivity contribution in [1.82, 2.24) is 4.31 Å². The van der Waals surface area contributed by atoms with Crippen molar-refractivity contribution in [3.8, 4) is 0 Å². The Hall–Kier alpha value is -0.250. The third-order valence-corrected chi connectivity index (χ3v) is 5.72. The van der Waals surface area contributed by atoms with E-state index in [-0.39, 0.29) is 47.5 Å². The Morgan fingerprint density at radius 3 is 2.80 bits per heavy atom. The number of rotatable bonds is 3. The van der Waals surface area contributed by atoms with Crippen LogP contribution in [0.25, 0.3) is 0 Å². The molecule has 2 N–H and O–H groups in total. The zero-order valence-electron chi connectivity index (χ0n) is 10.5. The molecule has 1 aromatic carbocycles. The van der Waals surface area contributed by atoms with Crippen LogP contribution in [-0.2, 0) is 14.8 Å². The number of hydrogen-bond acceptors (Lipinski definition) is 4. The van der Waals surface area contributed by atoms with Gasteiger partial charge in [-0.05, 0) is 34.1 Å². The van der Waals surface area contributed by atoms with E-state index >= 15 is 0 Å². The molecule has 1 heterocycles. The second-order valence-corrected chi connectivity index (χ2v) is 6.93. The van der Waals surface area contributed by atoms with Gasteiger partial charge in [-0.1, -0.05) is 0 Å². The van der Waals surface area contributed by atoms with E-state index < -0.39 is 15.8 Å². The first-order valence-corrected chi connectivity index (χ1v) is 7.95. The summed E-state index contributed by atoms with van der Waals surface area (Å²) in [5, 5.41) is 0. The standard InChI is InChI=1S/C11H14BrFN2O3S.ClH/c12-10-5-8(13)1-2-11(10)19(16,17)15-3-4-18-9(6-14)7-15;/h1-2,5,9H,3-4,6-7,14H2;1H. The van der Waals surface area contributed by atoms with Crippen molar-refractivity contribution in [1.29, 1.82) is 0 Å². The molecule has 1 unspecified atom stereocenters. The second kappa shape index (κ2) is 7.15. The van der Waals surface area contributed by atoms with Crippen molar-refractivity contribution in [2.24, 2.45) is 5.73 Å². The smallest absolute Gasteiger partial charge is 0.244 e. The SMILES string of the molecule is Cl.NCC1CN(S(=O)(=O)c2ccc(F)cc2Br)CCO1. The highest BCUT2D eigenvalue weighted by Crippen LogP contribution is 2.26. The molecular formula is C11H15BrClFN2O3S. The van der Waals surface area contributed by atoms with Crippen molar-refractivity contribution >= 4 is 38.4 Å². The molecule has 0 aromatic heterocycles. The molecule has 0 amide bonds. The predicted octanol–water partition coefficient (Wildman–Crippen LogP) is 1.36. The fourth-order valence-corrected chi connectivity index (χ4v) is 4.34. The van der Waals surface area contributed by atoms with E-state index in [9.17, 15) is 12.8 Å². The number of ether oxygens (including phenoxy) is 1. The Labute approximate surface area is 131 Å². The number of halogens is 3. The number of morpholine rings is 1. The Morgan fingerprint density at radius 1 is 1.50 bits per heavy atom. The van der Waals surface area contributed by atoms with Crippen molar-refractivity contribution in [2.75, 3.05) is 26.2 Å². The first kappa shape index (κ1) is 17.8. The van der Waals surface area contributed by atoms with Crippen molar-refractivity contribution in [2.45, 2.75) is 11.0 Å². The Bertz CT molecular complexity index is 573. The zero-order valence-corrected chi connectivity index (χ0v) is 13.7. The summed E-state index contributed by atoms with van der Waals surface area (Å²) in [4.78, 5) is 0.0478. The van der Waals surface area contributed by atoms with E-state index in [0.717, 1.165) is 12.1 Å². The topological polar surface area (TPSA) is 72.6 Å². The molecule has 1 fully saturated rings. The van der Waals surface area contributed by atoms with Gasteiger partial charge in [0, 0.05) is 24.1 Å². The third-order valence-electron chi connectivity index (χ3n) is 2.88. The maximum absolute atomic E-state index is 13.0. The normalized spacial score (nSPS) is 20.4. The zero-order chi connectivity index (χ0) is 14.0. The summed E-state index contributed by atoms with van der Waals surface area (Å²) in [6, 6.07) is 3.51. The lowest BCUT2D eigenvalue weighted by Crippen LogP contribution is -2.48. The number of sulfonamides is 1. The lowest BCUT2D eigenvalue weighted by atomic mass is 10.3. The van der Waals surface area contributed by atoms with Gasteiger partial charge in [-0.15, -0.1) is 12.4 Å². The minimum absolute atomic E-state index is 0. The summed E-state index contributed by atoms with van der Waals surface area (Å²) in [7, 11) is -3.67. The highest BCUT2D eigenvalue weighted by molar-refractivity contribution is 9.10. The molecule has 2 rings (SSSR count). The minimum atomic E-state index is -3.67. The molecule has 1 atom stereocenters. The van der Waals surface area contributed by atoms with Gasteiger partial charge in [-0.3, -0.25) is 0 Å². The summed E-state index contributed by atoms with van der Waals surface area (Å²) in [6.07, 6.45) is -0.303. The first-order valence-electron chi connectivity index (χ1n) is 5.72. The van der Waals surface area contributed by atoms with Crippen molar-refractivity contribution < 1.29 is 17.5 Å². The summed E-state index contributed by atoms with van der Waals surface area (Å²) in [5.41, 5.74) is 5.49. The molecule has 0 spiro atoms. The van der Waals surface area contributed by atoms with Crippen LogP contribution < -0.4 is 5.73 Å². The van der Waals surface area contributed by atoms with Crippen LogP contribution >= 0.6 is 28.3 Å². The van der Waals surface area contributed by atoms with Gasteiger partial charge in [0.2, 0.25) is 10.0 Å². The van der Waals surface area contributed by atoms with Crippen LogP contribution in [0.15, 0.2) is 27.6 Å². The molecule has 1 aliphatic heterocycles. The molecule has 0 radical (unpaired) electrons. The predicted molar refractivity (Wildman–Crippen MR) is 78.9 cm³/mol. The lowest BCUT2D eigenvalue weighted by Gasteiger charge is -2.31.